The predicted octanol–water partition coefficient (Wildman–Crippen LogP) is 11.0. The van der Waals surface area contributed by atoms with Crippen LogP contribution in [0.1, 0.15) is 0 Å². The average molecular weight is 667 g/mol. The van der Waals surface area contributed by atoms with Crippen LogP contribution in [-0.2, 0) is 0 Å². The lowest BCUT2D eigenvalue weighted by atomic mass is 10.0. The van der Waals surface area contributed by atoms with Crippen molar-refractivity contribution in [2.75, 3.05) is 0 Å². The zero-order valence-electron chi connectivity index (χ0n) is 28.0. The summed E-state index contributed by atoms with van der Waals surface area (Å²) in [5.74, 6) is 1.76. The van der Waals surface area contributed by atoms with Crippen molar-refractivity contribution in [1.82, 2.24) is 28.9 Å². The fraction of sp³-hybridized carbons (Fsp3) is 0. The maximum absolute atomic E-state index is 5.25. The monoisotopic (exact) mass is 666 g/mol. The molecular formula is C46H30N6. The molecular weight excluding hydrogens is 637 g/mol. The lowest BCUT2D eigenvalue weighted by Gasteiger charge is -2.12. The molecule has 0 N–H and O–H groups in total. The van der Waals surface area contributed by atoms with Crippen LogP contribution in [0.25, 0.3) is 89.7 Å². The highest BCUT2D eigenvalue weighted by atomic mass is 15.2. The van der Waals surface area contributed by atoms with Crippen LogP contribution < -0.4 is 0 Å². The van der Waals surface area contributed by atoms with Gasteiger partial charge in [0, 0.05) is 39.9 Å². The Labute approximate surface area is 300 Å². The van der Waals surface area contributed by atoms with Crippen molar-refractivity contribution in [2.45, 2.75) is 0 Å². The number of aromatic nitrogens is 6. The number of hydrogen-bond donors (Lipinski definition) is 0. The summed E-state index contributed by atoms with van der Waals surface area (Å²) in [4.78, 5) is 20.5. The van der Waals surface area contributed by atoms with E-state index in [0.29, 0.717) is 17.6 Å². The smallest absolute Gasteiger partial charge is 0.238 e. The number of imidazole rings is 1. The van der Waals surface area contributed by atoms with Crippen molar-refractivity contribution >= 4 is 27.5 Å². The second kappa shape index (κ2) is 12.3. The van der Waals surface area contributed by atoms with Crippen molar-refractivity contribution in [3.05, 3.63) is 182 Å². The fourth-order valence-corrected chi connectivity index (χ4v) is 7.06. The molecule has 0 radical (unpaired) electrons. The molecule has 0 bridgehead atoms. The SMILES string of the molecule is c1ccc(-c2cccc(-c3nc(-c4ccccc4)nc(-n4c5ccc(-c6ccccc6)cc5c5ccc(-c6cn7ccccc7n6)cc54)n3)c2)cc1. The van der Waals surface area contributed by atoms with Crippen molar-refractivity contribution in [2.24, 2.45) is 0 Å². The summed E-state index contributed by atoms with van der Waals surface area (Å²) in [6, 6.07) is 58.7. The lowest BCUT2D eigenvalue weighted by Crippen LogP contribution is -2.06. The summed E-state index contributed by atoms with van der Waals surface area (Å²) < 4.78 is 4.23. The first-order chi connectivity index (χ1) is 25.7. The second-order valence-corrected chi connectivity index (χ2v) is 12.9. The van der Waals surface area contributed by atoms with Crippen molar-refractivity contribution in [1.29, 1.82) is 0 Å². The summed E-state index contributed by atoms with van der Waals surface area (Å²) in [6.07, 6.45) is 4.10. The minimum absolute atomic E-state index is 0.550. The van der Waals surface area contributed by atoms with Gasteiger partial charge in [0.1, 0.15) is 5.65 Å². The predicted molar refractivity (Wildman–Crippen MR) is 210 cm³/mol. The van der Waals surface area contributed by atoms with Crippen LogP contribution >= 0.6 is 0 Å². The summed E-state index contributed by atoms with van der Waals surface area (Å²) in [5.41, 5.74) is 11.2. The van der Waals surface area contributed by atoms with Gasteiger partial charge < -0.3 is 4.40 Å². The van der Waals surface area contributed by atoms with Crippen LogP contribution in [-0.4, -0.2) is 28.9 Å². The average Bonchev–Trinajstić information content (AvgIpc) is 3.81. The lowest BCUT2D eigenvalue weighted by molar-refractivity contribution is 0.953. The Bertz CT molecular complexity index is 2860. The molecule has 244 valence electrons. The normalized spacial score (nSPS) is 11.5. The van der Waals surface area contributed by atoms with Crippen LogP contribution in [0.15, 0.2) is 182 Å². The van der Waals surface area contributed by atoms with Gasteiger partial charge >= 0.3 is 0 Å². The number of nitrogens with zero attached hydrogens (tertiary/aromatic N) is 6. The van der Waals surface area contributed by atoms with E-state index in [1.165, 1.54) is 5.56 Å². The third-order valence-electron chi connectivity index (χ3n) is 9.62. The molecule has 10 rings (SSSR count). The van der Waals surface area contributed by atoms with Gasteiger partial charge in [-0.2, -0.15) is 9.97 Å². The van der Waals surface area contributed by atoms with Crippen molar-refractivity contribution < 1.29 is 0 Å². The Morgan fingerprint density at radius 3 is 1.71 bits per heavy atom. The van der Waals surface area contributed by atoms with Crippen LogP contribution in [0.4, 0.5) is 0 Å². The number of benzene rings is 6. The quantitative estimate of drug-likeness (QED) is 0.177. The third-order valence-corrected chi connectivity index (χ3v) is 9.62. The fourth-order valence-electron chi connectivity index (χ4n) is 7.06. The molecule has 6 aromatic carbocycles. The molecule has 0 spiro atoms. The van der Waals surface area contributed by atoms with Gasteiger partial charge in [0.15, 0.2) is 11.6 Å². The molecule has 0 saturated carbocycles. The molecule has 0 saturated heterocycles. The van der Waals surface area contributed by atoms with Crippen molar-refractivity contribution in [3.8, 4) is 62.2 Å². The maximum Gasteiger partial charge on any atom is 0.238 e. The number of rotatable bonds is 6. The third kappa shape index (κ3) is 5.22. The molecule has 52 heavy (non-hydrogen) atoms. The molecule has 0 aliphatic rings. The van der Waals surface area contributed by atoms with E-state index in [1.54, 1.807) is 0 Å². The van der Waals surface area contributed by atoms with E-state index < -0.39 is 0 Å². The summed E-state index contributed by atoms with van der Waals surface area (Å²) in [7, 11) is 0. The summed E-state index contributed by atoms with van der Waals surface area (Å²) >= 11 is 0. The molecule has 0 aliphatic heterocycles. The largest absolute Gasteiger partial charge is 0.306 e. The molecule has 4 heterocycles. The first-order valence-electron chi connectivity index (χ1n) is 17.3. The van der Waals surface area contributed by atoms with Gasteiger partial charge in [-0.1, -0.05) is 133 Å². The van der Waals surface area contributed by atoms with Crippen LogP contribution in [0.2, 0.25) is 0 Å². The topological polar surface area (TPSA) is 60.9 Å². The molecule has 0 fully saturated rings. The molecule has 6 nitrogen and oxygen atoms in total. The molecule has 10 aromatic rings. The van der Waals surface area contributed by atoms with E-state index >= 15 is 0 Å². The standard InChI is InChI=1S/C46H30N6/c1-4-13-31(14-5-1)34-19-12-20-37(27-34)45-48-44(33-17-8-3-9-18-33)49-46(50-45)52-41-25-23-35(32-15-6-2-7-16-32)28-39(41)38-24-22-36(29-42(38)52)40-30-51-26-11-10-21-43(51)47-40/h1-30H. The number of hydrogen-bond acceptors (Lipinski definition) is 4. The zero-order valence-corrected chi connectivity index (χ0v) is 28.0. The van der Waals surface area contributed by atoms with Gasteiger partial charge in [-0.25, -0.2) is 9.97 Å². The minimum atomic E-state index is 0.550. The van der Waals surface area contributed by atoms with Gasteiger partial charge in [-0.15, -0.1) is 0 Å². The van der Waals surface area contributed by atoms with Gasteiger partial charge in [0.2, 0.25) is 5.95 Å². The Balaban J connectivity index is 1.23. The minimum Gasteiger partial charge on any atom is -0.306 e. The molecule has 0 amide bonds. The molecule has 0 atom stereocenters. The van der Waals surface area contributed by atoms with E-state index in [2.05, 4.69) is 124 Å². The first-order valence-corrected chi connectivity index (χ1v) is 17.3. The Morgan fingerprint density at radius 2 is 0.981 bits per heavy atom. The number of fused-ring (bicyclic) bond motifs is 4. The first kappa shape index (κ1) is 29.7. The molecule has 0 unspecified atom stereocenters. The van der Waals surface area contributed by atoms with E-state index in [9.17, 15) is 0 Å². The summed E-state index contributed by atoms with van der Waals surface area (Å²) in [5, 5.41) is 2.22. The Hall–Kier alpha value is -7.18. The maximum atomic E-state index is 5.25. The Kier molecular flexibility index (Phi) is 7.03. The van der Waals surface area contributed by atoms with E-state index in [4.69, 9.17) is 19.9 Å². The van der Waals surface area contributed by atoms with Gasteiger partial charge in [-0.3, -0.25) is 4.57 Å². The summed E-state index contributed by atoms with van der Waals surface area (Å²) in [6.45, 7) is 0. The van der Waals surface area contributed by atoms with Crippen molar-refractivity contribution in [3.63, 3.8) is 0 Å². The van der Waals surface area contributed by atoms with Crippen LogP contribution in [0, 0.1) is 0 Å². The highest BCUT2D eigenvalue weighted by Gasteiger charge is 2.20. The Morgan fingerprint density at radius 1 is 0.365 bits per heavy atom. The van der Waals surface area contributed by atoms with Gasteiger partial charge in [-0.05, 0) is 58.7 Å². The molecule has 6 heteroatoms. The zero-order chi connectivity index (χ0) is 34.4. The highest BCUT2D eigenvalue weighted by molar-refractivity contribution is 6.11. The van der Waals surface area contributed by atoms with Gasteiger partial charge in [0.05, 0.1) is 16.7 Å². The molecule has 4 aromatic heterocycles. The van der Waals surface area contributed by atoms with E-state index in [0.717, 1.165) is 66.5 Å². The van der Waals surface area contributed by atoms with E-state index in [-0.39, 0.29) is 0 Å². The second-order valence-electron chi connectivity index (χ2n) is 12.9. The molecule has 0 aliphatic carbocycles. The number of pyridine rings is 1. The van der Waals surface area contributed by atoms with E-state index in [1.807, 2.05) is 66.9 Å². The van der Waals surface area contributed by atoms with Crippen LogP contribution in [0.5, 0.6) is 0 Å². The van der Waals surface area contributed by atoms with Gasteiger partial charge in [0.25, 0.3) is 0 Å². The highest BCUT2D eigenvalue weighted by Crippen LogP contribution is 2.37. The van der Waals surface area contributed by atoms with Crippen LogP contribution in [0.3, 0.4) is 0 Å².